The van der Waals surface area contributed by atoms with Gasteiger partial charge in [0.15, 0.2) is 5.76 Å². The van der Waals surface area contributed by atoms with Crippen LogP contribution in [0.5, 0.6) is 0 Å². The topological polar surface area (TPSA) is 101 Å². The summed E-state index contributed by atoms with van der Waals surface area (Å²) >= 11 is 6.00. The van der Waals surface area contributed by atoms with Crippen LogP contribution >= 0.6 is 11.6 Å². The molecule has 1 aliphatic rings. The number of nitrogens with one attached hydrogen (secondary N) is 1. The van der Waals surface area contributed by atoms with Gasteiger partial charge in [-0.15, -0.1) is 0 Å². The lowest BCUT2D eigenvalue weighted by molar-refractivity contribution is -0.121. The number of furan rings is 1. The second-order valence-corrected chi connectivity index (χ2v) is 7.38. The van der Waals surface area contributed by atoms with Gasteiger partial charge in [0.25, 0.3) is 5.56 Å². The lowest BCUT2D eigenvalue weighted by atomic mass is 10.3. The molecule has 9 nitrogen and oxygen atoms in total. The van der Waals surface area contributed by atoms with Crippen LogP contribution < -0.4 is 15.8 Å². The summed E-state index contributed by atoms with van der Waals surface area (Å²) in [6.07, 6.45) is 1.53. The molecule has 1 N–H and O–H groups in total. The first-order valence-electron chi connectivity index (χ1n) is 9.72. The molecule has 1 fully saturated rings. The maximum Gasteiger partial charge on any atom is 0.325 e. The van der Waals surface area contributed by atoms with Crippen LogP contribution in [-0.2, 0) is 11.3 Å². The third kappa shape index (κ3) is 4.77. The molecular formula is C21H20ClN5O4. The lowest BCUT2D eigenvalue weighted by Gasteiger charge is -2.18. The minimum absolute atomic E-state index is 0.0648. The van der Waals surface area contributed by atoms with Gasteiger partial charge in [0, 0.05) is 36.4 Å². The Morgan fingerprint density at radius 3 is 2.77 bits per heavy atom. The molecule has 1 saturated heterocycles. The Kier molecular flexibility index (Phi) is 6.03. The molecule has 2 aromatic heterocycles. The van der Waals surface area contributed by atoms with Crippen molar-refractivity contribution in [1.82, 2.24) is 20.0 Å². The van der Waals surface area contributed by atoms with Gasteiger partial charge in [-0.25, -0.2) is 9.48 Å². The van der Waals surface area contributed by atoms with Crippen molar-refractivity contribution in [2.24, 2.45) is 0 Å². The molecule has 0 radical (unpaired) electrons. The zero-order valence-corrected chi connectivity index (χ0v) is 17.3. The van der Waals surface area contributed by atoms with Crippen molar-refractivity contribution < 1.29 is 14.0 Å². The third-order valence-corrected chi connectivity index (χ3v) is 5.07. The number of amides is 3. The zero-order valence-electron chi connectivity index (χ0n) is 16.5. The first-order valence-corrected chi connectivity index (χ1v) is 10.1. The van der Waals surface area contributed by atoms with Crippen LogP contribution in [0, 0.1) is 0 Å². The van der Waals surface area contributed by atoms with E-state index in [1.807, 2.05) is 0 Å². The molecule has 1 aliphatic heterocycles. The highest BCUT2D eigenvalue weighted by atomic mass is 35.5. The van der Waals surface area contributed by atoms with Crippen molar-refractivity contribution >= 4 is 29.2 Å². The Bertz CT molecular complexity index is 1140. The first kappa shape index (κ1) is 20.7. The Labute approximate surface area is 182 Å². The van der Waals surface area contributed by atoms with Crippen LogP contribution in [-0.4, -0.2) is 52.8 Å². The molecule has 0 bridgehead atoms. The van der Waals surface area contributed by atoms with Crippen LogP contribution in [0.2, 0.25) is 5.02 Å². The van der Waals surface area contributed by atoms with Crippen LogP contribution in [0.15, 0.2) is 64.0 Å². The molecule has 0 saturated carbocycles. The second kappa shape index (κ2) is 9.05. The van der Waals surface area contributed by atoms with Crippen molar-refractivity contribution in [2.75, 3.05) is 31.1 Å². The summed E-state index contributed by atoms with van der Waals surface area (Å²) in [4.78, 5) is 40.0. The summed E-state index contributed by atoms with van der Waals surface area (Å²) < 4.78 is 6.56. The number of nitrogens with zero attached hydrogens (tertiary/aromatic N) is 4. The SMILES string of the molecule is O=C(CN1CCN(c2cccc(Cl)c2)C1=O)NCCn1nc(-c2ccco2)ccc1=O. The van der Waals surface area contributed by atoms with Crippen molar-refractivity contribution in [3.8, 4) is 11.5 Å². The van der Waals surface area contributed by atoms with Gasteiger partial charge in [-0.2, -0.15) is 5.10 Å². The van der Waals surface area contributed by atoms with E-state index >= 15 is 0 Å². The number of hydrogen-bond donors (Lipinski definition) is 1. The minimum atomic E-state index is -0.309. The molecule has 0 aliphatic carbocycles. The largest absolute Gasteiger partial charge is 0.463 e. The Morgan fingerprint density at radius 2 is 2.00 bits per heavy atom. The average molecular weight is 442 g/mol. The molecule has 160 valence electrons. The number of carbonyl (C=O) groups is 2. The first-order chi connectivity index (χ1) is 15.0. The number of anilines is 1. The number of benzene rings is 1. The van der Waals surface area contributed by atoms with E-state index in [2.05, 4.69) is 10.4 Å². The van der Waals surface area contributed by atoms with Gasteiger partial charge in [-0.1, -0.05) is 17.7 Å². The van der Waals surface area contributed by atoms with E-state index in [0.717, 1.165) is 0 Å². The van der Waals surface area contributed by atoms with Crippen LogP contribution in [0.25, 0.3) is 11.5 Å². The number of halogens is 1. The summed E-state index contributed by atoms with van der Waals surface area (Å²) in [7, 11) is 0. The van der Waals surface area contributed by atoms with E-state index in [1.165, 1.54) is 21.9 Å². The van der Waals surface area contributed by atoms with Crippen molar-refractivity contribution in [3.63, 3.8) is 0 Å². The second-order valence-electron chi connectivity index (χ2n) is 6.94. The maximum atomic E-state index is 12.6. The quantitative estimate of drug-likeness (QED) is 0.605. The summed E-state index contributed by atoms with van der Waals surface area (Å²) in [6.45, 7) is 1.25. The van der Waals surface area contributed by atoms with E-state index in [4.69, 9.17) is 16.0 Å². The van der Waals surface area contributed by atoms with Crippen molar-refractivity contribution in [2.45, 2.75) is 6.54 Å². The molecule has 0 spiro atoms. The number of urea groups is 1. The van der Waals surface area contributed by atoms with Crippen LogP contribution in [0.4, 0.5) is 10.5 Å². The van der Waals surface area contributed by atoms with Gasteiger partial charge in [0.05, 0.1) is 12.8 Å². The van der Waals surface area contributed by atoms with E-state index in [9.17, 15) is 14.4 Å². The molecule has 10 heteroatoms. The monoisotopic (exact) mass is 441 g/mol. The fourth-order valence-corrected chi connectivity index (χ4v) is 3.49. The molecule has 0 unspecified atom stereocenters. The fourth-order valence-electron chi connectivity index (χ4n) is 3.31. The molecule has 1 aromatic carbocycles. The molecular weight excluding hydrogens is 422 g/mol. The smallest absolute Gasteiger partial charge is 0.325 e. The number of hydrogen-bond acceptors (Lipinski definition) is 5. The Balaban J connectivity index is 1.30. The summed E-state index contributed by atoms with van der Waals surface area (Å²) in [6, 6.07) is 13.2. The van der Waals surface area contributed by atoms with Gasteiger partial charge in [0.2, 0.25) is 5.91 Å². The van der Waals surface area contributed by atoms with Crippen molar-refractivity contribution in [1.29, 1.82) is 0 Å². The lowest BCUT2D eigenvalue weighted by Crippen LogP contribution is -2.41. The molecule has 4 rings (SSSR count). The standard InChI is InChI=1S/C21H20ClN5O4/c22-15-3-1-4-16(13-15)26-11-10-25(21(26)30)14-19(28)23-8-9-27-20(29)7-6-17(24-27)18-5-2-12-31-18/h1-7,12-13H,8-11,14H2,(H,23,28). The summed E-state index contributed by atoms with van der Waals surface area (Å²) in [5.74, 6) is 0.242. The minimum Gasteiger partial charge on any atom is -0.463 e. The van der Waals surface area contributed by atoms with Gasteiger partial charge >= 0.3 is 6.03 Å². The summed E-state index contributed by atoms with van der Waals surface area (Å²) in [5, 5.41) is 7.53. The van der Waals surface area contributed by atoms with Crippen molar-refractivity contribution in [3.05, 3.63) is 70.2 Å². The van der Waals surface area contributed by atoms with Gasteiger partial charge in [0.1, 0.15) is 12.2 Å². The molecule has 0 atom stereocenters. The summed E-state index contributed by atoms with van der Waals surface area (Å²) in [5.41, 5.74) is 0.943. The number of carbonyl (C=O) groups excluding carboxylic acids is 2. The zero-order chi connectivity index (χ0) is 21.8. The van der Waals surface area contributed by atoms with Crippen LogP contribution in [0.1, 0.15) is 0 Å². The fraction of sp³-hybridized carbons (Fsp3) is 0.238. The molecule has 31 heavy (non-hydrogen) atoms. The highest BCUT2D eigenvalue weighted by molar-refractivity contribution is 6.30. The van der Waals surface area contributed by atoms with E-state index in [0.29, 0.717) is 35.3 Å². The highest BCUT2D eigenvalue weighted by Crippen LogP contribution is 2.23. The predicted octanol–water partition coefficient (Wildman–Crippen LogP) is 2.22. The average Bonchev–Trinajstić information content (AvgIpc) is 3.40. The number of aromatic nitrogens is 2. The normalized spacial score (nSPS) is 13.6. The molecule has 3 amide bonds. The van der Waals surface area contributed by atoms with E-state index < -0.39 is 0 Å². The van der Waals surface area contributed by atoms with E-state index in [1.54, 1.807) is 47.4 Å². The maximum absolute atomic E-state index is 12.6. The highest BCUT2D eigenvalue weighted by Gasteiger charge is 2.30. The Hall–Kier alpha value is -3.59. The van der Waals surface area contributed by atoms with E-state index in [-0.39, 0.29) is 37.1 Å². The van der Waals surface area contributed by atoms with Gasteiger partial charge in [-0.3, -0.25) is 14.5 Å². The molecule has 3 heterocycles. The van der Waals surface area contributed by atoms with Gasteiger partial charge < -0.3 is 14.6 Å². The third-order valence-electron chi connectivity index (χ3n) is 4.84. The number of rotatable bonds is 7. The Morgan fingerprint density at radius 1 is 1.13 bits per heavy atom. The van der Waals surface area contributed by atoms with Crippen LogP contribution in [0.3, 0.4) is 0 Å². The molecule has 3 aromatic rings. The predicted molar refractivity (Wildman–Crippen MR) is 115 cm³/mol. The van der Waals surface area contributed by atoms with Gasteiger partial charge in [-0.05, 0) is 36.4 Å².